The third-order valence-corrected chi connectivity index (χ3v) is 6.05. The molecule has 0 fully saturated rings. The fraction of sp³-hybridized carbons (Fsp3) is 0.240. The number of ether oxygens (including phenoxy) is 2. The van der Waals surface area contributed by atoms with Crippen molar-refractivity contribution in [2.24, 2.45) is 0 Å². The van der Waals surface area contributed by atoms with Crippen molar-refractivity contribution in [3.63, 3.8) is 0 Å². The van der Waals surface area contributed by atoms with E-state index in [1.54, 1.807) is 0 Å². The summed E-state index contributed by atoms with van der Waals surface area (Å²) in [5.41, 5.74) is 6.23. The van der Waals surface area contributed by atoms with Gasteiger partial charge in [0.05, 0.1) is 0 Å². The summed E-state index contributed by atoms with van der Waals surface area (Å²) >= 11 is 5.22. The van der Waals surface area contributed by atoms with E-state index in [2.05, 4.69) is 55.3 Å². The summed E-state index contributed by atoms with van der Waals surface area (Å²) in [6.45, 7) is 6.08. The molecule has 0 aromatic heterocycles. The molecule has 0 saturated heterocycles. The molecule has 0 amide bonds. The number of likely N-dealkylation sites (N-methyl/N-ethyl adjacent to an activating group) is 1. The van der Waals surface area contributed by atoms with E-state index >= 15 is 0 Å². The van der Waals surface area contributed by atoms with Crippen LogP contribution in [-0.4, -0.2) is 26.8 Å². The number of hydrogen-bond donors (Lipinski definition) is 0. The number of anilines is 1. The predicted molar refractivity (Wildman–Crippen MR) is 116 cm³/mol. The Morgan fingerprint density at radius 3 is 2.70 bits per heavy atom. The van der Waals surface area contributed by atoms with Crippen molar-refractivity contribution in [3.8, 4) is 33.9 Å². The van der Waals surface area contributed by atoms with Gasteiger partial charge in [0.25, 0.3) is 0 Å². The van der Waals surface area contributed by atoms with Gasteiger partial charge in [-0.15, -0.1) is 0 Å². The fourth-order valence-corrected chi connectivity index (χ4v) is 4.45. The molecule has 5 heteroatoms. The normalized spacial score (nSPS) is 13.4. The Morgan fingerprint density at radius 1 is 1.07 bits per heavy atom. The zero-order valence-corrected chi connectivity index (χ0v) is 18.2. The molecule has 0 radical (unpaired) electrons. The summed E-state index contributed by atoms with van der Waals surface area (Å²) in [4.78, 5) is 2.19. The van der Waals surface area contributed by atoms with Crippen LogP contribution in [0.15, 0.2) is 52.9 Å². The molecule has 5 rings (SSSR count). The summed E-state index contributed by atoms with van der Waals surface area (Å²) in [5.74, 6) is 2.09. The summed E-state index contributed by atoms with van der Waals surface area (Å²) in [7, 11) is 2.07. The van der Waals surface area contributed by atoms with Crippen LogP contribution in [0.1, 0.15) is 12.5 Å². The molecule has 0 bridgehead atoms. The Hall–Kier alpha value is -2.78. The van der Waals surface area contributed by atoms with Crippen LogP contribution in [0.25, 0.3) is 33.4 Å². The van der Waals surface area contributed by atoms with Crippen molar-refractivity contribution in [1.82, 2.24) is 0 Å². The summed E-state index contributed by atoms with van der Waals surface area (Å²) in [6, 6.07) is 16.7. The molecule has 0 unspecified atom stereocenters. The van der Waals surface area contributed by atoms with Crippen LogP contribution >= 0.6 is 0 Å². The van der Waals surface area contributed by atoms with Crippen molar-refractivity contribution < 1.29 is 28.9 Å². The van der Waals surface area contributed by atoms with Crippen LogP contribution < -0.4 is 14.4 Å². The van der Waals surface area contributed by atoms with Gasteiger partial charge in [0.15, 0.2) is 0 Å². The van der Waals surface area contributed by atoms with Gasteiger partial charge in [-0.25, -0.2) is 0 Å². The fourth-order valence-electron chi connectivity index (χ4n) is 4.19. The van der Waals surface area contributed by atoms with E-state index < -0.39 is 0 Å². The number of benzene rings is 3. The number of rotatable bonds is 3. The summed E-state index contributed by atoms with van der Waals surface area (Å²) in [6.07, 6.45) is 0. The maximum absolute atomic E-state index is 6.52. The Balaban J connectivity index is 1.98. The van der Waals surface area contributed by atoms with E-state index in [1.165, 1.54) is 5.56 Å². The van der Waals surface area contributed by atoms with Crippen LogP contribution in [0.4, 0.5) is 5.69 Å². The van der Waals surface area contributed by atoms with Gasteiger partial charge in [-0.05, 0) is 0 Å². The Kier molecular flexibility index (Phi) is 4.79. The van der Waals surface area contributed by atoms with Crippen molar-refractivity contribution in [2.75, 3.05) is 31.7 Å². The molecule has 4 nitrogen and oxygen atoms in total. The molecule has 0 atom stereocenters. The standard InChI is InChI=1S/C25H23NO3.Ni/c1-4-27-21-11-7-10-18-22(17-9-6-5-8-16(17)2)19-12-13-20-25(24(19)29-23(18)21)28-15-14-26(20)3;/h5-10,12-13H,4,14-15H2,1-3H3;. The number of nitrogens with zero attached hydrogens (tertiary/aromatic N) is 1. The first-order chi connectivity index (χ1) is 14.6. The zero-order chi connectivity index (χ0) is 20.8. The second-order valence-corrected chi connectivity index (χ2v) is 8.04. The third kappa shape index (κ3) is 2.92. The molecule has 2 heterocycles. The zero-order valence-electron chi connectivity index (χ0n) is 17.2. The van der Waals surface area contributed by atoms with E-state index in [-0.39, 0.29) is 0 Å². The number of aryl methyl sites for hydroxylation is 1. The Morgan fingerprint density at radius 2 is 1.90 bits per heavy atom. The first-order valence-corrected chi connectivity index (χ1v) is 10.6. The molecular formula is C25H23NNiO3. The van der Waals surface area contributed by atoms with E-state index in [1.807, 2.05) is 19.1 Å². The van der Waals surface area contributed by atoms with Crippen molar-refractivity contribution in [2.45, 2.75) is 13.8 Å². The molecule has 1 aliphatic carbocycles. The first-order valence-electron chi connectivity index (χ1n) is 10.1. The van der Waals surface area contributed by atoms with Crippen LogP contribution in [0.2, 0.25) is 0 Å². The van der Waals surface area contributed by atoms with Gasteiger partial charge in [-0.2, -0.15) is 0 Å². The number of hydrogen-bond acceptors (Lipinski definition) is 4. The molecule has 2 aliphatic heterocycles. The molecule has 30 heavy (non-hydrogen) atoms. The van der Waals surface area contributed by atoms with E-state index in [0.717, 1.165) is 45.6 Å². The summed E-state index contributed by atoms with van der Waals surface area (Å²) in [5, 5.41) is 1.02. The average molecular weight is 444 g/mol. The topological polar surface area (TPSA) is 34.8 Å². The predicted octanol–water partition coefficient (Wildman–Crippen LogP) is 5.82. The van der Waals surface area contributed by atoms with E-state index in [4.69, 9.17) is 28.9 Å². The maximum atomic E-state index is 6.52. The number of fused-ring (bicyclic) bond motifs is 4. The van der Waals surface area contributed by atoms with Crippen molar-refractivity contribution >= 4 is 16.7 Å². The van der Waals surface area contributed by atoms with Crippen molar-refractivity contribution in [3.05, 3.63) is 58.2 Å². The molecule has 156 valence electrons. The van der Waals surface area contributed by atoms with Gasteiger partial charge in [0.2, 0.25) is 0 Å². The minimum atomic E-state index is 0.523. The monoisotopic (exact) mass is 443 g/mol. The summed E-state index contributed by atoms with van der Waals surface area (Å²) < 4.78 is 19.3. The van der Waals surface area contributed by atoms with E-state index in [9.17, 15) is 0 Å². The van der Waals surface area contributed by atoms with Crippen molar-refractivity contribution in [1.29, 1.82) is 0 Å². The van der Waals surface area contributed by atoms with Crippen LogP contribution in [0.5, 0.6) is 11.5 Å². The Labute approximate surface area is 183 Å². The SMILES string of the molecule is CCOc1c2oc3c4c(ccc3c(-c3ccccc3C)c-2cc[c]1=[Ni])N(C)CCO4. The van der Waals surface area contributed by atoms with Gasteiger partial charge in [0.1, 0.15) is 0 Å². The minimum absolute atomic E-state index is 0.523. The molecule has 0 saturated carbocycles. The van der Waals surface area contributed by atoms with E-state index in [0.29, 0.717) is 28.9 Å². The van der Waals surface area contributed by atoms with Gasteiger partial charge in [0, 0.05) is 0 Å². The molecule has 2 aromatic carbocycles. The van der Waals surface area contributed by atoms with Crippen LogP contribution in [0.3, 0.4) is 0 Å². The second-order valence-electron chi connectivity index (χ2n) is 7.51. The quantitative estimate of drug-likeness (QED) is 0.295. The third-order valence-electron chi connectivity index (χ3n) is 5.66. The van der Waals surface area contributed by atoms with Gasteiger partial charge in [-0.3, -0.25) is 0 Å². The second kappa shape index (κ2) is 7.48. The van der Waals surface area contributed by atoms with Gasteiger partial charge < -0.3 is 0 Å². The Bertz CT molecular complexity index is 1290. The molecule has 3 aliphatic rings. The van der Waals surface area contributed by atoms with Crippen LogP contribution in [-0.2, 0) is 15.0 Å². The van der Waals surface area contributed by atoms with Gasteiger partial charge in [-0.1, -0.05) is 0 Å². The average Bonchev–Trinajstić information content (AvgIpc) is 2.75. The molecular weight excluding hydrogens is 421 g/mol. The first kappa shape index (κ1) is 19.2. The molecule has 0 N–H and O–H groups in total. The molecule has 0 spiro atoms. The van der Waals surface area contributed by atoms with Gasteiger partial charge >= 0.3 is 183 Å². The molecule has 2 aromatic rings. The van der Waals surface area contributed by atoms with Crippen LogP contribution in [0, 0.1) is 11.1 Å².